The number of benzene rings is 1. The van der Waals surface area contributed by atoms with Gasteiger partial charge in [0.05, 0.1) is 17.9 Å². The molecule has 0 radical (unpaired) electrons. The SMILES string of the molecule is CCc1cccc(C(N)c2ccc(F)cn2)c1. The Balaban J connectivity index is 2.29. The molecule has 0 aliphatic carbocycles. The number of nitrogens with zero attached hydrogens (tertiary/aromatic N) is 1. The molecule has 1 aromatic heterocycles. The normalized spacial score (nSPS) is 12.4. The van der Waals surface area contributed by atoms with Gasteiger partial charge in [0, 0.05) is 0 Å². The van der Waals surface area contributed by atoms with E-state index in [4.69, 9.17) is 5.73 Å². The summed E-state index contributed by atoms with van der Waals surface area (Å²) in [6.45, 7) is 2.10. The van der Waals surface area contributed by atoms with Gasteiger partial charge in [-0.2, -0.15) is 0 Å². The van der Waals surface area contributed by atoms with E-state index >= 15 is 0 Å². The van der Waals surface area contributed by atoms with E-state index < -0.39 is 0 Å². The van der Waals surface area contributed by atoms with Gasteiger partial charge in [0.15, 0.2) is 0 Å². The van der Waals surface area contributed by atoms with Crippen LogP contribution in [0, 0.1) is 5.82 Å². The third kappa shape index (κ3) is 2.68. The van der Waals surface area contributed by atoms with E-state index in [1.165, 1.54) is 17.8 Å². The summed E-state index contributed by atoms with van der Waals surface area (Å²) in [4.78, 5) is 4.01. The van der Waals surface area contributed by atoms with Crippen molar-refractivity contribution in [3.8, 4) is 0 Å². The van der Waals surface area contributed by atoms with Crippen molar-refractivity contribution in [2.24, 2.45) is 5.73 Å². The number of nitrogens with two attached hydrogens (primary N) is 1. The largest absolute Gasteiger partial charge is 0.319 e. The van der Waals surface area contributed by atoms with Crippen LogP contribution < -0.4 is 5.73 Å². The monoisotopic (exact) mass is 230 g/mol. The van der Waals surface area contributed by atoms with E-state index in [1.807, 2.05) is 12.1 Å². The minimum absolute atomic E-state index is 0.304. The molecule has 0 spiro atoms. The maximum Gasteiger partial charge on any atom is 0.141 e. The summed E-state index contributed by atoms with van der Waals surface area (Å²) in [6, 6.07) is 10.8. The molecule has 2 N–H and O–H groups in total. The summed E-state index contributed by atoms with van der Waals surface area (Å²) in [7, 11) is 0. The van der Waals surface area contributed by atoms with Crippen molar-refractivity contribution in [1.82, 2.24) is 4.98 Å². The molecule has 1 unspecified atom stereocenters. The van der Waals surface area contributed by atoms with E-state index in [9.17, 15) is 4.39 Å². The second-order valence-corrected chi connectivity index (χ2v) is 3.98. The van der Waals surface area contributed by atoms with E-state index in [0.717, 1.165) is 12.0 Å². The standard InChI is InChI=1S/C14H15FN2/c1-2-10-4-3-5-11(8-10)14(16)13-7-6-12(15)9-17-13/h3-9,14H,2,16H2,1H3. The molecular formula is C14H15FN2. The van der Waals surface area contributed by atoms with E-state index in [-0.39, 0.29) is 11.9 Å². The molecular weight excluding hydrogens is 215 g/mol. The number of hydrogen-bond acceptors (Lipinski definition) is 2. The van der Waals surface area contributed by atoms with Crippen LogP contribution in [0.1, 0.15) is 29.8 Å². The average Bonchev–Trinajstić information content (AvgIpc) is 2.39. The van der Waals surface area contributed by atoms with Gasteiger partial charge in [-0.3, -0.25) is 4.98 Å². The highest BCUT2D eigenvalue weighted by Crippen LogP contribution is 2.19. The van der Waals surface area contributed by atoms with Gasteiger partial charge >= 0.3 is 0 Å². The summed E-state index contributed by atoms with van der Waals surface area (Å²) < 4.78 is 12.8. The first-order chi connectivity index (χ1) is 8.20. The van der Waals surface area contributed by atoms with Crippen LogP contribution in [0.3, 0.4) is 0 Å². The molecule has 3 heteroatoms. The zero-order valence-electron chi connectivity index (χ0n) is 9.73. The van der Waals surface area contributed by atoms with Crippen LogP contribution in [0.2, 0.25) is 0 Å². The highest BCUT2D eigenvalue weighted by atomic mass is 19.1. The molecule has 0 amide bonds. The molecule has 17 heavy (non-hydrogen) atoms. The molecule has 0 saturated heterocycles. The lowest BCUT2D eigenvalue weighted by atomic mass is 10.0. The number of hydrogen-bond donors (Lipinski definition) is 1. The lowest BCUT2D eigenvalue weighted by molar-refractivity contribution is 0.617. The molecule has 2 aromatic rings. The van der Waals surface area contributed by atoms with Gasteiger partial charge in [-0.25, -0.2) is 4.39 Å². The Bertz CT molecular complexity index is 494. The fourth-order valence-corrected chi connectivity index (χ4v) is 1.75. The van der Waals surface area contributed by atoms with Crippen LogP contribution in [0.25, 0.3) is 0 Å². The minimum atomic E-state index is -0.344. The number of halogens is 1. The maximum atomic E-state index is 12.8. The number of aryl methyl sites for hydroxylation is 1. The lowest BCUT2D eigenvalue weighted by Gasteiger charge is -2.12. The number of rotatable bonds is 3. The van der Waals surface area contributed by atoms with Gasteiger partial charge in [-0.05, 0) is 29.7 Å². The molecule has 2 nitrogen and oxygen atoms in total. The molecule has 2 rings (SSSR count). The summed E-state index contributed by atoms with van der Waals surface area (Å²) in [5, 5.41) is 0. The Kier molecular flexibility index (Phi) is 3.49. The van der Waals surface area contributed by atoms with Crippen LogP contribution in [0.15, 0.2) is 42.6 Å². The van der Waals surface area contributed by atoms with Gasteiger partial charge in [0.25, 0.3) is 0 Å². The van der Waals surface area contributed by atoms with Gasteiger partial charge in [0.1, 0.15) is 5.82 Å². The highest BCUT2D eigenvalue weighted by Gasteiger charge is 2.10. The van der Waals surface area contributed by atoms with Crippen molar-refractivity contribution >= 4 is 0 Å². The van der Waals surface area contributed by atoms with E-state index in [2.05, 4.69) is 24.0 Å². The Morgan fingerprint density at radius 2 is 2.12 bits per heavy atom. The molecule has 0 aliphatic heterocycles. The van der Waals surface area contributed by atoms with Crippen molar-refractivity contribution in [1.29, 1.82) is 0 Å². The van der Waals surface area contributed by atoms with Crippen molar-refractivity contribution in [3.63, 3.8) is 0 Å². The molecule has 0 fully saturated rings. The maximum absolute atomic E-state index is 12.8. The molecule has 0 bridgehead atoms. The first kappa shape index (κ1) is 11.7. The van der Waals surface area contributed by atoms with E-state index in [0.29, 0.717) is 5.69 Å². The third-order valence-electron chi connectivity index (χ3n) is 2.79. The smallest absolute Gasteiger partial charge is 0.141 e. The van der Waals surface area contributed by atoms with Crippen LogP contribution in [0.5, 0.6) is 0 Å². The Hall–Kier alpha value is -1.74. The van der Waals surface area contributed by atoms with Crippen LogP contribution in [-0.4, -0.2) is 4.98 Å². The molecule has 88 valence electrons. The summed E-state index contributed by atoms with van der Waals surface area (Å²) >= 11 is 0. The molecule has 1 atom stereocenters. The molecule has 1 heterocycles. The highest BCUT2D eigenvalue weighted by molar-refractivity contribution is 5.31. The predicted molar refractivity (Wildman–Crippen MR) is 66.0 cm³/mol. The first-order valence-corrected chi connectivity index (χ1v) is 5.66. The van der Waals surface area contributed by atoms with Crippen LogP contribution in [-0.2, 0) is 6.42 Å². The number of aromatic nitrogens is 1. The summed E-state index contributed by atoms with van der Waals surface area (Å²) in [6.07, 6.45) is 2.16. The Morgan fingerprint density at radius 1 is 1.29 bits per heavy atom. The minimum Gasteiger partial charge on any atom is -0.319 e. The zero-order valence-corrected chi connectivity index (χ0v) is 9.73. The molecule has 0 saturated carbocycles. The topological polar surface area (TPSA) is 38.9 Å². The predicted octanol–water partition coefficient (Wildman–Crippen LogP) is 2.83. The van der Waals surface area contributed by atoms with Crippen LogP contribution in [0.4, 0.5) is 4.39 Å². The van der Waals surface area contributed by atoms with Crippen molar-refractivity contribution in [2.45, 2.75) is 19.4 Å². The third-order valence-corrected chi connectivity index (χ3v) is 2.79. The second kappa shape index (κ2) is 5.06. The van der Waals surface area contributed by atoms with Gasteiger partial charge in [-0.1, -0.05) is 31.2 Å². The summed E-state index contributed by atoms with van der Waals surface area (Å²) in [5.74, 6) is -0.344. The van der Waals surface area contributed by atoms with Crippen molar-refractivity contribution in [3.05, 3.63) is 65.2 Å². The fraction of sp³-hybridized carbons (Fsp3) is 0.214. The van der Waals surface area contributed by atoms with Crippen LogP contribution >= 0.6 is 0 Å². The van der Waals surface area contributed by atoms with Crippen molar-refractivity contribution in [2.75, 3.05) is 0 Å². The average molecular weight is 230 g/mol. The lowest BCUT2D eigenvalue weighted by Crippen LogP contribution is -2.13. The second-order valence-electron chi connectivity index (χ2n) is 3.98. The Morgan fingerprint density at radius 3 is 2.76 bits per heavy atom. The van der Waals surface area contributed by atoms with Crippen molar-refractivity contribution < 1.29 is 4.39 Å². The summed E-state index contributed by atoms with van der Waals surface area (Å²) in [5.41, 5.74) is 9.02. The molecule has 0 aliphatic rings. The zero-order chi connectivity index (χ0) is 12.3. The van der Waals surface area contributed by atoms with Gasteiger partial charge in [-0.15, -0.1) is 0 Å². The fourth-order valence-electron chi connectivity index (χ4n) is 1.75. The number of pyridine rings is 1. The molecule has 1 aromatic carbocycles. The first-order valence-electron chi connectivity index (χ1n) is 5.66. The van der Waals surface area contributed by atoms with Gasteiger partial charge < -0.3 is 5.73 Å². The quantitative estimate of drug-likeness (QED) is 0.880. The Labute approximate surface area is 100 Å². The van der Waals surface area contributed by atoms with Gasteiger partial charge in [0.2, 0.25) is 0 Å². The van der Waals surface area contributed by atoms with E-state index in [1.54, 1.807) is 6.07 Å².